The van der Waals surface area contributed by atoms with E-state index in [-0.39, 0.29) is 11.5 Å². The Morgan fingerprint density at radius 1 is 1.06 bits per heavy atom. The van der Waals surface area contributed by atoms with E-state index in [1.54, 1.807) is 6.07 Å². The van der Waals surface area contributed by atoms with Gasteiger partial charge in [0.25, 0.3) is 11.5 Å². The topological polar surface area (TPSA) is 103 Å². The quantitative estimate of drug-likeness (QED) is 0.407. The number of ether oxygens (including phenoxy) is 1. The largest absolute Gasteiger partial charge is 0.379 e. The molecule has 0 atom stereocenters. The minimum atomic E-state index is -0.256. The second kappa shape index (κ2) is 8.94. The average Bonchev–Trinajstić information content (AvgIpc) is 3.25. The maximum absolute atomic E-state index is 12.6. The Morgan fingerprint density at radius 2 is 1.91 bits per heavy atom. The number of benzene rings is 2. The SMILES string of the molecule is O=C(NCCCN1CCOCC1)c1ccc2[nH]c(-c3nc4ccccc4[nH]c3=O)cc2c1. The van der Waals surface area contributed by atoms with Gasteiger partial charge in [0.15, 0.2) is 5.69 Å². The average molecular weight is 431 g/mol. The Bertz CT molecular complexity index is 1320. The van der Waals surface area contributed by atoms with Crippen molar-refractivity contribution in [3.8, 4) is 11.4 Å². The van der Waals surface area contributed by atoms with E-state index in [9.17, 15) is 9.59 Å². The molecule has 1 saturated heterocycles. The summed E-state index contributed by atoms with van der Waals surface area (Å²) in [6.07, 6.45) is 0.901. The van der Waals surface area contributed by atoms with Gasteiger partial charge in [0.1, 0.15) is 0 Å². The molecule has 8 heteroatoms. The van der Waals surface area contributed by atoms with E-state index in [1.165, 1.54) is 0 Å². The first-order chi connectivity index (χ1) is 15.7. The second-order valence-electron chi connectivity index (χ2n) is 7.98. The van der Waals surface area contributed by atoms with Gasteiger partial charge >= 0.3 is 0 Å². The van der Waals surface area contributed by atoms with Crippen molar-refractivity contribution in [1.29, 1.82) is 0 Å². The number of carbonyl (C=O) groups excluding carboxylic acids is 1. The van der Waals surface area contributed by atoms with Gasteiger partial charge in [-0.25, -0.2) is 4.98 Å². The molecule has 164 valence electrons. The molecule has 5 rings (SSSR count). The van der Waals surface area contributed by atoms with Crippen molar-refractivity contribution in [2.24, 2.45) is 0 Å². The van der Waals surface area contributed by atoms with Gasteiger partial charge in [0.2, 0.25) is 0 Å². The van der Waals surface area contributed by atoms with Gasteiger partial charge in [0, 0.05) is 36.1 Å². The van der Waals surface area contributed by atoms with Crippen LogP contribution >= 0.6 is 0 Å². The van der Waals surface area contributed by atoms with E-state index in [1.807, 2.05) is 42.5 Å². The van der Waals surface area contributed by atoms with Crippen LogP contribution in [0.25, 0.3) is 33.3 Å². The molecule has 0 aliphatic carbocycles. The number of nitrogens with one attached hydrogen (secondary N) is 3. The zero-order valence-electron chi connectivity index (χ0n) is 17.7. The molecular weight excluding hydrogens is 406 g/mol. The molecule has 2 aromatic carbocycles. The fourth-order valence-corrected chi connectivity index (χ4v) is 4.04. The molecule has 0 bridgehead atoms. The Labute approximate surface area is 184 Å². The van der Waals surface area contributed by atoms with E-state index in [4.69, 9.17) is 4.74 Å². The third-order valence-corrected chi connectivity index (χ3v) is 5.78. The van der Waals surface area contributed by atoms with Crippen LogP contribution in [0.4, 0.5) is 0 Å². The summed E-state index contributed by atoms with van der Waals surface area (Å²) in [7, 11) is 0. The molecule has 3 heterocycles. The number of rotatable bonds is 6. The number of hydrogen-bond acceptors (Lipinski definition) is 5. The van der Waals surface area contributed by atoms with Crippen LogP contribution in [0.5, 0.6) is 0 Å². The molecule has 3 N–H and O–H groups in total. The number of carbonyl (C=O) groups is 1. The highest BCUT2D eigenvalue weighted by Gasteiger charge is 2.13. The van der Waals surface area contributed by atoms with Gasteiger partial charge in [-0.15, -0.1) is 0 Å². The summed E-state index contributed by atoms with van der Waals surface area (Å²) in [6.45, 7) is 5.06. The zero-order chi connectivity index (χ0) is 21.9. The fraction of sp³-hybridized carbons (Fsp3) is 0.292. The summed E-state index contributed by atoms with van der Waals surface area (Å²) in [4.78, 5) is 38.1. The van der Waals surface area contributed by atoms with Crippen LogP contribution in [0, 0.1) is 0 Å². The molecule has 8 nitrogen and oxygen atoms in total. The smallest absolute Gasteiger partial charge is 0.276 e. The third-order valence-electron chi connectivity index (χ3n) is 5.78. The predicted molar refractivity (Wildman–Crippen MR) is 124 cm³/mol. The van der Waals surface area contributed by atoms with Crippen molar-refractivity contribution in [1.82, 2.24) is 25.2 Å². The van der Waals surface area contributed by atoms with Gasteiger partial charge in [-0.2, -0.15) is 0 Å². The van der Waals surface area contributed by atoms with Crippen LogP contribution in [0.3, 0.4) is 0 Å². The molecule has 32 heavy (non-hydrogen) atoms. The van der Waals surface area contributed by atoms with E-state index in [0.29, 0.717) is 29.0 Å². The van der Waals surface area contributed by atoms with Crippen molar-refractivity contribution in [2.75, 3.05) is 39.4 Å². The molecule has 1 fully saturated rings. The number of amides is 1. The van der Waals surface area contributed by atoms with Gasteiger partial charge in [0.05, 0.1) is 29.9 Å². The van der Waals surface area contributed by atoms with Crippen molar-refractivity contribution in [3.05, 3.63) is 64.4 Å². The molecular formula is C24H25N5O3. The lowest BCUT2D eigenvalue weighted by molar-refractivity contribution is 0.0374. The highest BCUT2D eigenvalue weighted by molar-refractivity contribution is 5.99. The van der Waals surface area contributed by atoms with Crippen molar-refractivity contribution in [2.45, 2.75) is 6.42 Å². The van der Waals surface area contributed by atoms with Crippen LogP contribution in [0.2, 0.25) is 0 Å². The molecule has 1 amide bonds. The number of morpholine rings is 1. The first-order valence-corrected chi connectivity index (χ1v) is 10.9. The third kappa shape index (κ3) is 4.28. The number of para-hydroxylation sites is 2. The lowest BCUT2D eigenvalue weighted by Gasteiger charge is -2.26. The number of hydrogen-bond donors (Lipinski definition) is 3. The van der Waals surface area contributed by atoms with Crippen molar-refractivity contribution < 1.29 is 9.53 Å². The molecule has 1 aliphatic heterocycles. The van der Waals surface area contributed by atoms with Gasteiger partial charge < -0.3 is 20.0 Å². The van der Waals surface area contributed by atoms with Gasteiger partial charge in [-0.1, -0.05) is 12.1 Å². The summed E-state index contributed by atoms with van der Waals surface area (Å²) in [5.41, 5.74) is 3.55. The van der Waals surface area contributed by atoms with Crippen LogP contribution in [0.15, 0.2) is 53.3 Å². The predicted octanol–water partition coefficient (Wildman–Crippen LogP) is 2.52. The highest BCUT2D eigenvalue weighted by atomic mass is 16.5. The molecule has 0 radical (unpaired) electrons. The minimum Gasteiger partial charge on any atom is -0.379 e. The number of aromatic nitrogens is 3. The van der Waals surface area contributed by atoms with Crippen molar-refractivity contribution in [3.63, 3.8) is 0 Å². The van der Waals surface area contributed by atoms with E-state index in [0.717, 1.165) is 55.7 Å². The highest BCUT2D eigenvalue weighted by Crippen LogP contribution is 2.23. The standard InChI is InChI=1S/C24H25N5O3/c30-23(25-8-3-9-29-10-12-32-13-11-29)16-6-7-18-17(14-16)15-21(26-18)22-24(31)28-20-5-2-1-4-19(20)27-22/h1-2,4-7,14-15,26H,3,8-13H2,(H,25,30)(H,28,31). The monoisotopic (exact) mass is 431 g/mol. The number of fused-ring (bicyclic) bond motifs is 2. The molecule has 0 unspecified atom stereocenters. The van der Waals surface area contributed by atoms with E-state index < -0.39 is 0 Å². The first-order valence-electron chi connectivity index (χ1n) is 10.9. The lowest BCUT2D eigenvalue weighted by Crippen LogP contribution is -2.38. The van der Waals surface area contributed by atoms with Gasteiger partial charge in [-0.3, -0.25) is 14.5 Å². The van der Waals surface area contributed by atoms with Crippen LogP contribution in [-0.2, 0) is 4.74 Å². The molecule has 2 aromatic heterocycles. The summed E-state index contributed by atoms with van der Waals surface area (Å²) in [5.74, 6) is -0.0988. The Morgan fingerprint density at radius 3 is 2.78 bits per heavy atom. The van der Waals surface area contributed by atoms with Crippen LogP contribution in [0.1, 0.15) is 16.8 Å². The van der Waals surface area contributed by atoms with E-state index >= 15 is 0 Å². The zero-order valence-corrected chi connectivity index (χ0v) is 17.7. The second-order valence-corrected chi connectivity index (χ2v) is 7.98. The Hall–Kier alpha value is -3.49. The van der Waals surface area contributed by atoms with Crippen molar-refractivity contribution >= 4 is 27.8 Å². The van der Waals surface area contributed by atoms with E-state index in [2.05, 4.69) is 25.2 Å². The molecule has 0 spiro atoms. The molecule has 1 aliphatic rings. The maximum atomic E-state index is 12.6. The molecule has 4 aromatic rings. The summed E-state index contributed by atoms with van der Waals surface area (Å²) < 4.78 is 5.36. The normalized spacial score (nSPS) is 14.8. The van der Waals surface area contributed by atoms with Gasteiger partial charge in [-0.05, 0) is 49.4 Å². The Kier molecular flexibility index (Phi) is 5.70. The Balaban J connectivity index is 1.29. The van der Waals surface area contributed by atoms with Crippen LogP contribution < -0.4 is 10.9 Å². The first kappa shape index (κ1) is 20.4. The summed E-state index contributed by atoms with van der Waals surface area (Å²) >= 11 is 0. The number of aromatic amines is 2. The number of nitrogens with zero attached hydrogens (tertiary/aromatic N) is 2. The lowest BCUT2D eigenvalue weighted by atomic mass is 10.1. The maximum Gasteiger partial charge on any atom is 0.276 e. The number of H-pyrrole nitrogens is 2. The van der Waals surface area contributed by atoms with Crippen LogP contribution in [-0.4, -0.2) is 65.2 Å². The minimum absolute atomic E-state index is 0.0988. The summed E-state index contributed by atoms with van der Waals surface area (Å²) in [6, 6.07) is 14.8. The fourth-order valence-electron chi connectivity index (χ4n) is 4.04. The summed E-state index contributed by atoms with van der Waals surface area (Å²) in [5, 5.41) is 3.85. The molecule has 0 saturated carbocycles.